The molecular formula is C23H24F3N3O5. The number of esters is 1. The molecule has 1 aliphatic heterocycles. The van der Waals surface area contributed by atoms with Crippen LogP contribution in [0.1, 0.15) is 29.3 Å². The average Bonchev–Trinajstić information content (AvgIpc) is 3.24. The summed E-state index contributed by atoms with van der Waals surface area (Å²) in [4.78, 5) is 24.6. The lowest BCUT2D eigenvalue weighted by molar-refractivity contribution is -0.137. The van der Waals surface area contributed by atoms with Gasteiger partial charge in [0.15, 0.2) is 6.61 Å². The van der Waals surface area contributed by atoms with E-state index in [4.69, 9.17) is 14.2 Å². The van der Waals surface area contributed by atoms with E-state index >= 15 is 0 Å². The fourth-order valence-electron chi connectivity index (χ4n) is 3.10. The van der Waals surface area contributed by atoms with Gasteiger partial charge in [-0.3, -0.25) is 9.80 Å². The standard InChI is InChI=1S/C23H24F3N3O5/c1-15-9-10-29(28-15)18-6-3-16(4-7-18)22(31)34-14-21(30)27-19-13-17(23(24,25)26)5-8-20(19)33-12-11-32-2/h3-8,13H,9-12,14H2,1-2H3,(H,27,30). The number of alkyl halides is 3. The zero-order valence-corrected chi connectivity index (χ0v) is 18.6. The van der Waals surface area contributed by atoms with Crippen LogP contribution in [0.4, 0.5) is 24.5 Å². The van der Waals surface area contributed by atoms with Gasteiger partial charge in [-0.1, -0.05) is 0 Å². The van der Waals surface area contributed by atoms with Gasteiger partial charge in [-0.25, -0.2) is 4.79 Å². The molecule has 11 heteroatoms. The first kappa shape index (κ1) is 25.0. The Balaban J connectivity index is 1.60. The van der Waals surface area contributed by atoms with Crippen molar-refractivity contribution in [1.82, 2.24) is 0 Å². The molecule has 0 bridgehead atoms. The number of hydrazone groups is 1. The number of hydrogen-bond donors (Lipinski definition) is 1. The molecule has 34 heavy (non-hydrogen) atoms. The molecule has 0 aliphatic carbocycles. The second kappa shape index (κ2) is 11.0. The van der Waals surface area contributed by atoms with Crippen LogP contribution in [0.2, 0.25) is 0 Å². The minimum Gasteiger partial charge on any atom is -0.489 e. The molecule has 182 valence electrons. The van der Waals surface area contributed by atoms with E-state index in [0.717, 1.165) is 42.6 Å². The monoisotopic (exact) mass is 479 g/mol. The highest BCUT2D eigenvalue weighted by molar-refractivity contribution is 5.96. The van der Waals surface area contributed by atoms with Gasteiger partial charge in [0.2, 0.25) is 0 Å². The van der Waals surface area contributed by atoms with Crippen LogP contribution in [0.25, 0.3) is 0 Å². The molecule has 0 fully saturated rings. The van der Waals surface area contributed by atoms with E-state index in [-0.39, 0.29) is 30.2 Å². The smallest absolute Gasteiger partial charge is 0.416 e. The van der Waals surface area contributed by atoms with E-state index in [1.807, 2.05) is 11.9 Å². The van der Waals surface area contributed by atoms with Gasteiger partial charge in [0.1, 0.15) is 12.4 Å². The third-order valence-corrected chi connectivity index (χ3v) is 4.84. The molecule has 2 aromatic carbocycles. The molecule has 0 saturated carbocycles. The van der Waals surface area contributed by atoms with Crippen LogP contribution >= 0.6 is 0 Å². The number of ether oxygens (including phenoxy) is 3. The first-order chi connectivity index (χ1) is 16.2. The van der Waals surface area contributed by atoms with Crippen LogP contribution in [-0.2, 0) is 20.4 Å². The van der Waals surface area contributed by atoms with Gasteiger partial charge in [-0.15, -0.1) is 0 Å². The predicted molar refractivity (Wildman–Crippen MR) is 119 cm³/mol. The van der Waals surface area contributed by atoms with E-state index in [9.17, 15) is 22.8 Å². The number of anilines is 2. The molecule has 2 aromatic rings. The van der Waals surface area contributed by atoms with E-state index in [2.05, 4.69) is 10.4 Å². The first-order valence-electron chi connectivity index (χ1n) is 10.4. The largest absolute Gasteiger partial charge is 0.489 e. The molecule has 0 unspecified atom stereocenters. The molecule has 1 heterocycles. The van der Waals surface area contributed by atoms with Crippen molar-refractivity contribution in [1.29, 1.82) is 0 Å². The minimum atomic E-state index is -4.61. The second-order valence-corrected chi connectivity index (χ2v) is 7.43. The maximum absolute atomic E-state index is 13.1. The molecule has 8 nitrogen and oxygen atoms in total. The summed E-state index contributed by atoms with van der Waals surface area (Å²) in [5, 5.41) is 8.50. The van der Waals surface area contributed by atoms with Gasteiger partial charge in [0.05, 0.1) is 29.1 Å². The van der Waals surface area contributed by atoms with Gasteiger partial charge in [-0.2, -0.15) is 18.3 Å². The Morgan fingerprint density at radius 2 is 1.85 bits per heavy atom. The fourth-order valence-corrected chi connectivity index (χ4v) is 3.10. The van der Waals surface area contributed by atoms with Crippen LogP contribution in [0.3, 0.4) is 0 Å². The van der Waals surface area contributed by atoms with Gasteiger partial charge in [-0.05, 0) is 49.4 Å². The summed E-state index contributed by atoms with van der Waals surface area (Å²) in [5.74, 6) is -1.54. The van der Waals surface area contributed by atoms with Crippen molar-refractivity contribution in [3.8, 4) is 5.75 Å². The van der Waals surface area contributed by atoms with Crippen molar-refractivity contribution in [2.75, 3.05) is 43.8 Å². The molecule has 0 aromatic heterocycles. The molecule has 1 aliphatic rings. The maximum atomic E-state index is 13.1. The van der Waals surface area contributed by atoms with E-state index in [1.165, 1.54) is 7.11 Å². The molecule has 1 N–H and O–H groups in total. The Labute approximate surface area is 194 Å². The van der Waals surface area contributed by atoms with Gasteiger partial charge < -0.3 is 19.5 Å². The highest BCUT2D eigenvalue weighted by Gasteiger charge is 2.31. The van der Waals surface area contributed by atoms with Crippen molar-refractivity contribution >= 4 is 29.0 Å². The third-order valence-electron chi connectivity index (χ3n) is 4.84. The van der Waals surface area contributed by atoms with E-state index in [1.54, 1.807) is 24.3 Å². The highest BCUT2D eigenvalue weighted by atomic mass is 19.4. The number of carbonyl (C=O) groups excluding carboxylic acids is 2. The zero-order valence-electron chi connectivity index (χ0n) is 18.6. The van der Waals surface area contributed by atoms with Crippen LogP contribution in [0.15, 0.2) is 47.6 Å². The molecule has 3 rings (SSSR count). The minimum absolute atomic E-state index is 0.0279. The first-order valence-corrected chi connectivity index (χ1v) is 10.4. The summed E-state index contributed by atoms with van der Waals surface area (Å²) in [6, 6.07) is 9.23. The molecule has 0 saturated heterocycles. The molecular weight excluding hydrogens is 455 g/mol. The topological polar surface area (TPSA) is 89.5 Å². The lowest BCUT2D eigenvalue weighted by Gasteiger charge is -2.15. The van der Waals surface area contributed by atoms with Crippen molar-refractivity contribution in [2.24, 2.45) is 5.10 Å². The number of carbonyl (C=O) groups is 2. The maximum Gasteiger partial charge on any atom is 0.416 e. The number of hydrogen-bond acceptors (Lipinski definition) is 7. The third kappa shape index (κ3) is 6.70. The molecule has 0 radical (unpaired) electrons. The lowest BCUT2D eigenvalue weighted by Crippen LogP contribution is -2.22. The molecule has 1 amide bonds. The Morgan fingerprint density at radius 3 is 2.47 bits per heavy atom. The number of nitrogens with zero attached hydrogens (tertiary/aromatic N) is 2. The summed E-state index contributed by atoms with van der Waals surface area (Å²) in [6.07, 6.45) is -3.74. The summed E-state index contributed by atoms with van der Waals surface area (Å²) in [7, 11) is 1.45. The van der Waals surface area contributed by atoms with Gasteiger partial charge in [0.25, 0.3) is 5.91 Å². The Morgan fingerprint density at radius 1 is 1.12 bits per heavy atom. The van der Waals surface area contributed by atoms with Crippen molar-refractivity contribution < 1.29 is 37.0 Å². The Kier molecular flexibility index (Phi) is 8.11. The molecule has 0 atom stereocenters. The van der Waals surface area contributed by atoms with E-state index in [0.29, 0.717) is 0 Å². The second-order valence-electron chi connectivity index (χ2n) is 7.43. The molecule has 0 spiro atoms. The fraction of sp³-hybridized carbons (Fsp3) is 0.348. The summed E-state index contributed by atoms with van der Waals surface area (Å²) >= 11 is 0. The van der Waals surface area contributed by atoms with Crippen LogP contribution in [-0.4, -0.2) is 51.1 Å². The predicted octanol–water partition coefficient (Wildman–Crippen LogP) is 4.11. The SMILES string of the molecule is COCCOc1ccc(C(F)(F)F)cc1NC(=O)COC(=O)c1ccc(N2CCC(C)=N2)cc1. The number of halogens is 3. The number of nitrogens with one attached hydrogen (secondary N) is 1. The average molecular weight is 479 g/mol. The Hall–Kier alpha value is -3.60. The normalized spacial score (nSPS) is 13.4. The van der Waals surface area contributed by atoms with Crippen molar-refractivity contribution in [3.63, 3.8) is 0 Å². The summed E-state index contributed by atoms with van der Waals surface area (Å²) < 4.78 is 54.5. The highest BCUT2D eigenvalue weighted by Crippen LogP contribution is 2.35. The van der Waals surface area contributed by atoms with Crippen LogP contribution in [0, 0.1) is 0 Å². The number of rotatable bonds is 9. The lowest BCUT2D eigenvalue weighted by atomic mass is 10.1. The van der Waals surface area contributed by atoms with Crippen LogP contribution < -0.4 is 15.1 Å². The van der Waals surface area contributed by atoms with Crippen LogP contribution in [0.5, 0.6) is 5.75 Å². The summed E-state index contributed by atoms with van der Waals surface area (Å²) in [5.41, 5.74) is 0.896. The van der Waals surface area contributed by atoms with Crippen molar-refractivity contribution in [3.05, 3.63) is 53.6 Å². The Bertz CT molecular complexity index is 1050. The zero-order chi connectivity index (χ0) is 24.7. The summed E-state index contributed by atoms with van der Waals surface area (Å²) in [6.45, 7) is 2.27. The number of methoxy groups -OCH3 is 1. The van der Waals surface area contributed by atoms with Crippen molar-refractivity contribution in [2.45, 2.75) is 19.5 Å². The van der Waals surface area contributed by atoms with Gasteiger partial charge >= 0.3 is 12.1 Å². The van der Waals surface area contributed by atoms with Gasteiger partial charge in [0, 0.05) is 25.8 Å². The number of benzene rings is 2. The van der Waals surface area contributed by atoms with E-state index < -0.39 is 30.2 Å². The number of amides is 1. The quantitative estimate of drug-likeness (QED) is 0.430.